The molecular weight excluding hydrogens is 280 g/mol. The third kappa shape index (κ3) is 3.39. The molecule has 2 nitrogen and oxygen atoms in total. The Balaban J connectivity index is 1.45. The Morgan fingerprint density at radius 1 is 0.870 bits per heavy atom. The summed E-state index contributed by atoms with van der Waals surface area (Å²) < 4.78 is 0. The van der Waals surface area contributed by atoms with Crippen LogP contribution in [-0.4, -0.2) is 47.6 Å². The highest BCUT2D eigenvalue weighted by molar-refractivity contribution is 5.07. The normalized spacial score (nSPS) is 42.7. The van der Waals surface area contributed by atoms with Crippen molar-refractivity contribution >= 4 is 0 Å². The molecule has 130 valence electrons. The summed E-state index contributed by atoms with van der Waals surface area (Å²) in [5, 5.41) is 0. The minimum absolute atomic E-state index is 0.740. The van der Waals surface area contributed by atoms with Crippen molar-refractivity contribution in [3.8, 4) is 0 Å². The Labute approximate surface area is 143 Å². The molecule has 0 amide bonds. The van der Waals surface area contributed by atoms with Crippen molar-refractivity contribution in [3.63, 3.8) is 0 Å². The van der Waals surface area contributed by atoms with Gasteiger partial charge in [-0.3, -0.25) is 4.90 Å². The molecule has 4 rings (SSSR count). The lowest BCUT2D eigenvalue weighted by Gasteiger charge is -2.48. The van der Waals surface area contributed by atoms with Crippen molar-refractivity contribution < 1.29 is 0 Å². The molecule has 0 aromatic rings. The van der Waals surface area contributed by atoms with Crippen molar-refractivity contribution in [3.05, 3.63) is 12.2 Å². The van der Waals surface area contributed by atoms with Crippen LogP contribution in [-0.2, 0) is 0 Å². The zero-order valence-electron chi connectivity index (χ0n) is 15.1. The molecule has 0 spiro atoms. The van der Waals surface area contributed by atoms with Gasteiger partial charge in [0.25, 0.3) is 0 Å². The molecule has 0 aliphatic carbocycles. The lowest BCUT2D eigenvalue weighted by atomic mass is 9.79. The van der Waals surface area contributed by atoms with Gasteiger partial charge in [-0.2, -0.15) is 0 Å². The maximum absolute atomic E-state index is 2.89. The zero-order chi connectivity index (χ0) is 15.6. The second-order valence-corrected chi connectivity index (χ2v) is 8.75. The third-order valence-corrected chi connectivity index (χ3v) is 7.34. The summed E-state index contributed by atoms with van der Waals surface area (Å²) in [6.07, 6.45) is 19.5. The van der Waals surface area contributed by atoms with Crippen LogP contribution in [0.1, 0.15) is 71.1 Å². The van der Waals surface area contributed by atoms with Crippen molar-refractivity contribution in [1.29, 1.82) is 0 Å². The Kier molecular flexibility index (Phi) is 5.10. The van der Waals surface area contributed by atoms with E-state index in [1.807, 2.05) is 0 Å². The van der Waals surface area contributed by atoms with Gasteiger partial charge in [-0.1, -0.05) is 31.9 Å². The van der Waals surface area contributed by atoms with Crippen LogP contribution in [0.2, 0.25) is 0 Å². The molecule has 23 heavy (non-hydrogen) atoms. The molecule has 0 aromatic heterocycles. The molecule has 0 radical (unpaired) electrons. The Morgan fingerprint density at radius 3 is 2.70 bits per heavy atom. The summed E-state index contributed by atoms with van der Waals surface area (Å²) >= 11 is 0. The predicted molar refractivity (Wildman–Crippen MR) is 97.6 cm³/mol. The topological polar surface area (TPSA) is 6.48 Å². The molecule has 3 fully saturated rings. The van der Waals surface area contributed by atoms with E-state index in [1.165, 1.54) is 83.8 Å². The molecule has 2 heteroatoms. The van der Waals surface area contributed by atoms with Gasteiger partial charge in [0.2, 0.25) is 0 Å². The minimum atomic E-state index is 0.740. The highest BCUT2D eigenvalue weighted by Gasteiger charge is 2.38. The lowest BCUT2D eigenvalue weighted by Crippen LogP contribution is -2.53. The minimum Gasteiger partial charge on any atom is -0.300 e. The molecule has 5 unspecified atom stereocenters. The van der Waals surface area contributed by atoms with Crippen LogP contribution in [0, 0.1) is 11.8 Å². The fraction of sp³-hybridized carbons (Fsp3) is 0.905. The van der Waals surface area contributed by atoms with Gasteiger partial charge in [-0.15, -0.1) is 0 Å². The number of rotatable bonds is 2. The summed E-state index contributed by atoms with van der Waals surface area (Å²) in [6, 6.07) is 2.49. The molecule has 4 heterocycles. The van der Waals surface area contributed by atoms with Crippen LogP contribution in [0.15, 0.2) is 12.2 Å². The van der Waals surface area contributed by atoms with E-state index in [2.05, 4.69) is 28.9 Å². The van der Waals surface area contributed by atoms with Gasteiger partial charge in [0.1, 0.15) is 0 Å². The van der Waals surface area contributed by atoms with E-state index in [0.717, 1.165) is 30.0 Å². The van der Waals surface area contributed by atoms with Gasteiger partial charge in [0.05, 0.1) is 0 Å². The van der Waals surface area contributed by atoms with Crippen LogP contribution in [0.25, 0.3) is 0 Å². The molecule has 3 saturated heterocycles. The van der Waals surface area contributed by atoms with Gasteiger partial charge in [0.15, 0.2) is 0 Å². The van der Waals surface area contributed by atoms with Crippen molar-refractivity contribution in [2.24, 2.45) is 11.8 Å². The van der Waals surface area contributed by atoms with E-state index in [1.54, 1.807) is 0 Å². The number of hydrogen-bond acceptors (Lipinski definition) is 2. The molecule has 5 atom stereocenters. The van der Waals surface area contributed by atoms with E-state index in [9.17, 15) is 0 Å². The number of fused-ring (bicyclic) bond motifs is 2. The van der Waals surface area contributed by atoms with E-state index >= 15 is 0 Å². The first-order valence-electron chi connectivity index (χ1n) is 10.5. The van der Waals surface area contributed by atoms with Gasteiger partial charge >= 0.3 is 0 Å². The standard InChI is InChI=1S/C21H36N2/c1-17-8-6-15-23-19(10-5-12-20(17)23)16-18-9-7-14-22-13-4-2-3-11-21(18)22/h5,10,17-21H,2-4,6-9,11-16H2,1H3. The van der Waals surface area contributed by atoms with Gasteiger partial charge < -0.3 is 4.90 Å². The Bertz CT molecular complexity index is 418. The fourth-order valence-electron chi connectivity index (χ4n) is 6.10. The summed E-state index contributed by atoms with van der Waals surface area (Å²) in [4.78, 5) is 5.76. The van der Waals surface area contributed by atoms with E-state index in [4.69, 9.17) is 0 Å². The highest BCUT2D eigenvalue weighted by Crippen LogP contribution is 2.37. The van der Waals surface area contributed by atoms with Gasteiger partial charge in [0, 0.05) is 18.1 Å². The monoisotopic (exact) mass is 316 g/mol. The summed E-state index contributed by atoms with van der Waals surface area (Å²) in [6.45, 7) is 6.60. The number of piperidine rings is 2. The van der Waals surface area contributed by atoms with E-state index in [-0.39, 0.29) is 0 Å². The first kappa shape index (κ1) is 16.1. The second kappa shape index (κ2) is 7.27. The van der Waals surface area contributed by atoms with Crippen molar-refractivity contribution in [1.82, 2.24) is 9.80 Å². The SMILES string of the molecule is CC1CCCN2C(CC3CCCN4CCCCCC34)C=CCC12. The van der Waals surface area contributed by atoms with E-state index < -0.39 is 0 Å². The molecule has 0 saturated carbocycles. The van der Waals surface area contributed by atoms with Crippen molar-refractivity contribution in [2.45, 2.75) is 89.3 Å². The summed E-state index contributed by atoms with van der Waals surface area (Å²) in [5.74, 6) is 1.85. The van der Waals surface area contributed by atoms with Crippen LogP contribution in [0.3, 0.4) is 0 Å². The summed E-state index contributed by atoms with van der Waals surface area (Å²) in [7, 11) is 0. The van der Waals surface area contributed by atoms with E-state index in [0.29, 0.717) is 0 Å². The predicted octanol–water partition coefficient (Wildman–Crippen LogP) is 4.46. The van der Waals surface area contributed by atoms with Crippen molar-refractivity contribution in [2.75, 3.05) is 19.6 Å². The van der Waals surface area contributed by atoms with Gasteiger partial charge in [-0.05, 0) is 82.8 Å². The molecule has 0 aromatic carbocycles. The largest absolute Gasteiger partial charge is 0.300 e. The quantitative estimate of drug-likeness (QED) is 0.694. The molecule has 0 N–H and O–H groups in total. The fourth-order valence-corrected chi connectivity index (χ4v) is 6.10. The molecule has 4 aliphatic heterocycles. The van der Waals surface area contributed by atoms with Crippen LogP contribution in [0.5, 0.6) is 0 Å². The van der Waals surface area contributed by atoms with Crippen LogP contribution < -0.4 is 0 Å². The second-order valence-electron chi connectivity index (χ2n) is 8.75. The maximum atomic E-state index is 2.89. The Hall–Kier alpha value is -0.340. The van der Waals surface area contributed by atoms with Crippen LogP contribution >= 0.6 is 0 Å². The average molecular weight is 317 g/mol. The smallest absolute Gasteiger partial charge is 0.0284 e. The molecule has 4 aliphatic rings. The lowest BCUT2D eigenvalue weighted by molar-refractivity contribution is 0.0330. The highest BCUT2D eigenvalue weighted by atomic mass is 15.2. The maximum Gasteiger partial charge on any atom is 0.0284 e. The Morgan fingerprint density at radius 2 is 1.74 bits per heavy atom. The third-order valence-electron chi connectivity index (χ3n) is 7.34. The zero-order valence-corrected chi connectivity index (χ0v) is 15.1. The summed E-state index contributed by atoms with van der Waals surface area (Å²) in [5.41, 5.74) is 0. The van der Waals surface area contributed by atoms with Crippen LogP contribution in [0.4, 0.5) is 0 Å². The first-order chi connectivity index (χ1) is 11.3. The molecule has 0 bridgehead atoms. The number of nitrogens with zero attached hydrogens (tertiary/aromatic N) is 2. The van der Waals surface area contributed by atoms with Gasteiger partial charge in [-0.25, -0.2) is 0 Å². The first-order valence-corrected chi connectivity index (χ1v) is 10.5. The number of hydrogen-bond donors (Lipinski definition) is 0. The molecular formula is C21H36N2. The average Bonchev–Trinajstić information content (AvgIpc) is 2.82.